The molecule has 2 aromatic rings. The van der Waals surface area contributed by atoms with Gasteiger partial charge in [-0.2, -0.15) is 0 Å². The molecule has 7 nitrogen and oxygen atoms in total. The van der Waals surface area contributed by atoms with E-state index in [1.807, 2.05) is 18.2 Å². The lowest BCUT2D eigenvalue weighted by molar-refractivity contribution is -0.384. The number of hydrogen-bond acceptors (Lipinski definition) is 6. The molecule has 1 heterocycles. The molecule has 0 unspecified atom stereocenters. The smallest absolute Gasteiger partial charge is 0.330 e. The molecule has 2 aromatic carbocycles. The summed E-state index contributed by atoms with van der Waals surface area (Å²) < 4.78 is 16.4. The number of carbonyl (C=O) groups is 1. The van der Waals surface area contributed by atoms with Crippen molar-refractivity contribution in [2.45, 2.75) is 6.10 Å². The highest BCUT2D eigenvalue weighted by molar-refractivity contribution is 5.87. The highest BCUT2D eigenvalue weighted by Gasteiger charge is 2.21. The quantitative estimate of drug-likeness (QED) is 0.359. The minimum atomic E-state index is -0.527. The summed E-state index contributed by atoms with van der Waals surface area (Å²) in [5.74, 6) is 0.764. The third-order valence-electron chi connectivity index (χ3n) is 3.49. The maximum atomic E-state index is 11.8. The van der Waals surface area contributed by atoms with Gasteiger partial charge in [0.2, 0.25) is 0 Å². The van der Waals surface area contributed by atoms with E-state index in [-0.39, 0.29) is 18.4 Å². The van der Waals surface area contributed by atoms with Gasteiger partial charge in [0.1, 0.15) is 13.2 Å². The molecule has 1 aliphatic rings. The van der Waals surface area contributed by atoms with Crippen LogP contribution in [0.3, 0.4) is 0 Å². The molecule has 0 spiro atoms. The zero-order valence-corrected chi connectivity index (χ0v) is 13.2. The van der Waals surface area contributed by atoms with Crippen molar-refractivity contribution in [2.24, 2.45) is 0 Å². The Labute approximate surface area is 143 Å². The number of esters is 1. The first-order valence-corrected chi connectivity index (χ1v) is 7.59. The van der Waals surface area contributed by atoms with Crippen LogP contribution in [0, 0.1) is 10.1 Å². The second-order valence-electron chi connectivity index (χ2n) is 5.31. The number of fused-ring (bicyclic) bond motifs is 1. The van der Waals surface area contributed by atoms with Crippen molar-refractivity contribution in [1.82, 2.24) is 0 Å². The predicted molar refractivity (Wildman–Crippen MR) is 89.4 cm³/mol. The van der Waals surface area contributed by atoms with E-state index < -0.39 is 10.9 Å². The summed E-state index contributed by atoms with van der Waals surface area (Å²) in [5, 5.41) is 10.6. The van der Waals surface area contributed by atoms with Gasteiger partial charge in [-0.3, -0.25) is 10.1 Å². The Morgan fingerprint density at radius 2 is 1.92 bits per heavy atom. The largest absolute Gasteiger partial charge is 0.486 e. The molecule has 7 heteroatoms. The fourth-order valence-corrected chi connectivity index (χ4v) is 2.24. The third-order valence-corrected chi connectivity index (χ3v) is 3.49. The van der Waals surface area contributed by atoms with Crippen molar-refractivity contribution in [3.8, 4) is 11.5 Å². The molecule has 0 bridgehead atoms. The highest BCUT2D eigenvalue weighted by Crippen LogP contribution is 2.30. The number of rotatable bonds is 5. The molecule has 0 N–H and O–H groups in total. The molecule has 0 saturated heterocycles. The minimum Gasteiger partial charge on any atom is -0.486 e. The number of non-ortho nitro benzene ring substituents is 1. The van der Waals surface area contributed by atoms with Gasteiger partial charge in [-0.15, -0.1) is 0 Å². The van der Waals surface area contributed by atoms with Crippen LogP contribution in [0.15, 0.2) is 54.6 Å². The van der Waals surface area contributed by atoms with Crippen molar-refractivity contribution < 1.29 is 23.9 Å². The lowest BCUT2D eigenvalue weighted by atomic mass is 10.2. The van der Waals surface area contributed by atoms with Crippen molar-refractivity contribution in [3.63, 3.8) is 0 Å². The Balaban J connectivity index is 1.49. The van der Waals surface area contributed by atoms with Crippen molar-refractivity contribution in [1.29, 1.82) is 0 Å². The number of carbonyl (C=O) groups excluding carboxylic acids is 1. The zero-order chi connectivity index (χ0) is 17.6. The molecule has 0 amide bonds. The van der Waals surface area contributed by atoms with Crippen LogP contribution in [0.4, 0.5) is 5.69 Å². The molecule has 1 aliphatic heterocycles. The van der Waals surface area contributed by atoms with Crippen molar-refractivity contribution in [2.75, 3.05) is 13.2 Å². The number of benzene rings is 2. The maximum Gasteiger partial charge on any atom is 0.330 e. The number of nitro benzene ring substituents is 1. The van der Waals surface area contributed by atoms with Crippen LogP contribution in [0.25, 0.3) is 6.08 Å². The zero-order valence-electron chi connectivity index (χ0n) is 13.2. The molecule has 0 radical (unpaired) electrons. The lowest BCUT2D eigenvalue weighted by Crippen LogP contribution is -2.34. The van der Waals surface area contributed by atoms with Crippen LogP contribution in [-0.2, 0) is 9.53 Å². The summed E-state index contributed by atoms with van der Waals surface area (Å²) in [5.41, 5.74) is 0.656. The van der Waals surface area contributed by atoms with E-state index in [0.717, 1.165) is 0 Å². The second kappa shape index (κ2) is 7.48. The van der Waals surface area contributed by atoms with Gasteiger partial charge in [-0.05, 0) is 35.9 Å². The Morgan fingerprint density at radius 1 is 1.20 bits per heavy atom. The Hall–Kier alpha value is -3.35. The lowest BCUT2D eigenvalue weighted by Gasteiger charge is -2.25. The van der Waals surface area contributed by atoms with E-state index in [4.69, 9.17) is 14.2 Å². The summed E-state index contributed by atoms with van der Waals surface area (Å²) in [4.78, 5) is 21.9. The van der Waals surface area contributed by atoms with Crippen LogP contribution >= 0.6 is 0 Å². The van der Waals surface area contributed by atoms with Gasteiger partial charge in [0.25, 0.3) is 5.69 Å². The van der Waals surface area contributed by atoms with Gasteiger partial charge in [-0.25, -0.2) is 4.79 Å². The molecule has 0 aliphatic carbocycles. The molecular formula is C18H15NO6. The van der Waals surface area contributed by atoms with Gasteiger partial charge in [0.15, 0.2) is 17.6 Å². The van der Waals surface area contributed by atoms with Gasteiger partial charge in [0.05, 0.1) is 4.92 Å². The molecule has 128 valence electrons. The molecule has 0 saturated carbocycles. The van der Waals surface area contributed by atoms with Crippen LogP contribution in [0.1, 0.15) is 5.56 Å². The number of para-hydroxylation sites is 2. The number of hydrogen-bond donors (Lipinski definition) is 0. The van der Waals surface area contributed by atoms with E-state index in [9.17, 15) is 14.9 Å². The van der Waals surface area contributed by atoms with Gasteiger partial charge in [0, 0.05) is 18.2 Å². The minimum absolute atomic E-state index is 0.00513. The van der Waals surface area contributed by atoms with Crippen LogP contribution in [0.2, 0.25) is 0 Å². The summed E-state index contributed by atoms with van der Waals surface area (Å²) >= 11 is 0. The normalized spacial score (nSPS) is 15.8. The summed E-state index contributed by atoms with van der Waals surface area (Å²) in [6.45, 7) is 0.369. The number of ether oxygens (including phenoxy) is 3. The van der Waals surface area contributed by atoms with Gasteiger partial charge in [-0.1, -0.05) is 12.1 Å². The Morgan fingerprint density at radius 3 is 2.64 bits per heavy atom. The summed E-state index contributed by atoms with van der Waals surface area (Å²) in [6, 6.07) is 13.1. The fourth-order valence-electron chi connectivity index (χ4n) is 2.24. The van der Waals surface area contributed by atoms with Crippen LogP contribution in [0.5, 0.6) is 11.5 Å². The maximum absolute atomic E-state index is 11.8. The van der Waals surface area contributed by atoms with E-state index in [2.05, 4.69) is 0 Å². The number of nitro groups is 1. The average Bonchev–Trinajstić information content (AvgIpc) is 2.65. The summed E-state index contributed by atoms with van der Waals surface area (Å²) in [7, 11) is 0. The van der Waals surface area contributed by atoms with Crippen molar-refractivity contribution in [3.05, 3.63) is 70.3 Å². The third kappa shape index (κ3) is 4.35. The first kappa shape index (κ1) is 16.5. The average molecular weight is 341 g/mol. The monoisotopic (exact) mass is 341 g/mol. The molecular weight excluding hydrogens is 326 g/mol. The molecule has 1 atom stereocenters. The van der Waals surface area contributed by atoms with E-state index in [1.54, 1.807) is 18.2 Å². The predicted octanol–water partition coefficient (Wildman–Crippen LogP) is 2.99. The Bertz CT molecular complexity index is 799. The molecule has 0 fully saturated rings. The van der Waals surface area contributed by atoms with Crippen LogP contribution in [-0.4, -0.2) is 30.2 Å². The fraction of sp³-hybridized carbons (Fsp3) is 0.167. The highest BCUT2D eigenvalue weighted by atomic mass is 16.6. The van der Waals surface area contributed by atoms with Crippen LogP contribution < -0.4 is 9.47 Å². The van der Waals surface area contributed by atoms with E-state index >= 15 is 0 Å². The molecule has 0 aromatic heterocycles. The van der Waals surface area contributed by atoms with E-state index in [1.165, 1.54) is 24.3 Å². The topological polar surface area (TPSA) is 87.9 Å². The van der Waals surface area contributed by atoms with Gasteiger partial charge < -0.3 is 14.2 Å². The Kier molecular flexibility index (Phi) is 4.94. The molecule has 3 rings (SSSR count). The summed E-state index contributed by atoms with van der Waals surface area (Å²) in [6.07, 6.45) is 2.42. The van der Waals surface area contributed by atoms with Gasteiger partial charge >= 0.3 is 5.97 Å². The number of nitrogens with zero attached hydrogens (tertiary/aromatic N) is 1. The molecule has 25 heavy (non-hydrogen) atoms. The van der Waals surface area contributed by atoms with E-state index in [0.29, 0.717) is 23.7 Å². The van der Waals surface area contributed by atoms with Crippen molar-refractivity contribution >= 4 is 17.7 Å². The standard InChI is InChI=1S/C18H15NO6/c20-18(10-7-13-5-8-14(9-6-13)19(21)22)24-12-15-11-23-16-3-1-2-4-17(16)25-15/h1-10,15H,11-12H2/b10-7+/t15-/m1/s1. The first-order valence-electron chi connectivity index (χ1n) is 7.59. The SMILES string of the molecule is O=C(/C=C/c1ccc([N+](=O)[O-])cc1)OC[C@H]1COc2ccccc2O1. The first-order chi connectivity index (χ1) is 12.1. The second-order valence-corrected chi connectivity index (χ2v) is 5.31.